The molecular formula is C19H23N5O2S. The van der Waals surface area contributed by atoms with Crippen LogP contribution >= 0.6 is 11.3 Å². The van der Waals surface area contributed by atoms with Crippen molar-refractivity contribution < 1.29 is 9.90 Å². The Morgan fingerprint density at radius 1 is 1.37 bits per heavy atom. The van der Waals surface area contributed by atoms with Gasteiger partial charge in [-0.3, -0.25) is 4.79 Å². The van der Waals surface area contributed by atoms with E-state index < -0.39 is 0 Å². The van der Waals surface area contributed by atoms with Gasteiger partial charge in [0.1, 0.15) is 5.69 Å². The minimum atomic E-state index is -0.294. The van der Waals surface area contributed by atoms with Crippen molar-refractivity contribution in [3.8, 4) is 0 Å². The number of hydrogen-bond acceptors (Lipinski definition) is 6. The second-order valence-electron chi connectivity index (χ2n) is 6.93. The van der Waals surface area contributed by atoms with Gasteiger partial charge in [0.05, 0.1) is 28.7 Å². The van der Waals surface area contributed by atoms with Crippen LogP contribution in [0.1, 0.15) is 41.7 Å². The van der Waals surface area contributed by atoms with Gasteiger partial charge in [0.2, 0.25) is 0 Å². The van der Waals surface area contributed by atoms with Crippen molar-refractivity contribution in [2.45, 2.75) is 44.4 Å². The maximum absolute atomic E-state index is 11.6. The fourth-order valence-electron chi connectivity index (χ4n) is 3.47. The van der Waals surface area contributed by atoms with Gasteiger partial charge in [0.15, 0.2) is 5.13 Å². The summed E-state index contributed by atoms with van der Waals surface area (Å²) in [6.45, 7) is 0.641. The second kappa shape index (κ2) is 7.66. The van der Waals surface area contributed by atoms with E-state index in [1.165, 1.54) is 0 Å². The Hall–Kier alpha value is -2.45. The van der Waals surface area contributed by atoms with Gasteiger partial charge in [-0.25, -0.2) is 9.97 Å². The van der Waals surface area contributed by atoms with Gasteiger partial charge in [0, 0.05) is 19.8 Å². The lowest BCUT2D eigenvalue weighted by atomic mass is 9.93. The van der Waals surface area contributed by atoms with Crippen molar-refractivity contribution in [3.05, 3.63) is 42.0 Å². The number of amides is 1. The highest BCUT2D eigenvalue weighted by atomic mass is 32.1. The maximum atomic E-state index is 11.6. The van der Waals surface area contributed by atoms with E-state index in [9.17, 15) is 9.90 Å². The van der Waals surface area contributed by atoms with E-state index in [-0.39, 0.29) is 18.1 Å². The zero-order valence-corrected chi connectivity index (χ0v) is 16.0. The molecule has 0 saturated heterocycles. The standard InChI is InChI=1S/C19H23N5O2S/c1-20-18(26)15-10-24(11-21-15)9-12-6-7-14-17(8-12)27-19(23-14)22-13-4-2-3-5-16(13)25/h6-8,10-11,13,16,25H,2-5,9H2,1H3,(H,20,26)(H,22,23)/t13-,16+/m1/s1. The van der Waals surface area contributed by atoms with E-state index in [0.717, 1.165) is 46.6 Å². The molecule has 1 aliphatic carbocycles. The van der Waals surface area contributed by atoms with Crippen LogP contribution in [0.15, 0.2) is 30.7 Å². The molecule has 1 saturated carbocycles. The molecule has 8 heteroatoms. The average molecular weight is 385 g/mol. The molecule has 1 aliphatic rings. The number of rotatable bonds is 5. The normalized spacial score (nSPS) is 19.9. The van der Waals surface area contributed by atoms with Gasteiger partial charge < -0.3 is 20.3 Å². The average Bonchev–Trinajstić information content (AvgIpc) is 3.29. The summed E-state index contributed by atoms with van der Waals surface area (Å²) in [5.74, 6) is -0.188. The number of thiazole rings is 1. The Morgan fingerprint density at radius 2 is 2.22 bits per heavy atom. The predicted molar refractivity (Wildman–Crippen MR) is 106 cm³/mol. The third-order valence-electron chi connectivity index (χ3n) is 4.95. The number of aliphatic hydroxyl groups is 1. The first kappa shape index (κ1) is 17.9. The third kappa shape index (κ3) is 3.96. The molecule has 1 aromatic carbocycles. The molecule has 0 aliphatic heterocycles. The minimum absolute atomic E-state index is 0.0906. The number of aromatic nitrogens is 3. The Bertz CT molecular complexity index is 951. The second-order valence-corrected chi connectivity index (χ2v) is 7.96. The number of anilines is 1. The summed E-state index contributed by atoms with van der Waals surface area (Å²) >= 11 is 1.61. The number of fused-ring (bicyclic) bond motifs is 1. The van der Waals surface area contributed by atoms with Crippen molar-refractivity contribution in [2.24, 2.45) is 0 Å². The van der Waals surface area contributed by atoms with Crippen molar-refractivity contribution in [1.29, 1.82) is 0 Å². The van der Waals surface area contributed by atoms with Crippen LogP contribution < -0.4 is 10.6 Å². The highest BCUT2D eigenvalue weighted by Gasteiger charge is 2.23. The van der Waals surface area contributed by atoms with E-state index in [2.05, 4.69) is 26.7 Å². The molecule has 27 heavy (non-hydrogen) atoms. The monoisotopic (exact) mass is 385 g/mol. The highest BCUT2D eigenvalue weighted by molar-refractivity contribution is 7.22. The van der Waals surface area contributed by atoms with E-state index in [0.29, 0.717) is 12.2 Å². The van der Waals surface area contributed by atoms with Crippen LogP contribution in [0.3, 0.4) is 0 Å². The summed E-state index contributed by atoms with van der Waals surface area (Å²) in [4.78, 5) is 20.4. The van der Waals surface area contributed by atoms with Gasteiger partial charge in [-0.1, -0.05) is 30.2 Å². The molecule has 1 amide bonds. The summed E-state index contributed by atoms with van der Waals surface area (Å²) in [5, 5.41) is 17.0. The van der Waals surface area contributed by atoms with Gasteiger partial charge in [-0.2, -0.15) is 0 Å². The minimum Gasteiger partial charge on any atom is -0.391 e. The van der Waals surface area contributed by atoms with Crippen molar-refractivity contribution in [1.82, 2.24) is 19.9 Å². The third-order valence-corrected chi connectivity index (χ3v) is 5.90. The molecule has 3 N–H and O–H groups in total. The van der Waals surface area contributed by atoms with E-state index in [1.54, 1.807) is 30.9 Å². The molecular weight excluding hydrogens is 362 g/mol. The number of nitrogens with one attached hydrogen (secondary N) is 2. The van der Waals surface area contributed by atoms with Gasteiger partial charge >= 0.3 is 0 Å². The lowest BCUT2D eigenvalue weighted by Gasteiger charge is -2.27. The summed E-state index contributed by atoms with van der Waals surface area (Å²) < 4.78 is 3.00. The van der Waals surface area contributed by atoms with Crippen LogP contribution in [0.2, 0.25) is 0 Å². The Kier molecular flexibility index (Phi) is 5.09. The van der Waals surface area contributed by atoms with Crippen LogP contribution in [-0.4, -0.2) is 44.7 Å². The molecule has 0 unspecified atom stereocenters. The topological polar surface area (TPSA) is 92.1 Å². The first-order chi connectivity index (χ1) is 13.1. The lowest BCUT2D eigenvalue weighted by Crippen LogP contribution is -2.36. The van der Waals surface area contributed by atoms with E-state index in [4.69, 9.17) is 0 Å². The van der Waals surface area contributed by atoms with Crippen LogP contribution in [0.25, 0.3) is 10.2 Å². The summed E-state index contributed by atoms with van der Waals surface area (Å²) in [6.07, 6.45) is 7.20. The fourth-order valence-corrected chi connectivity index (χ4v) is 4.46. The van der Waals surface area contributed by atoms with Crippen molar-refractivity contribution in [2.75, 3.05) is 12.4 Å². The number of imidazole rings is 1. The molecule has 2 atom stereocenters. The molecule has 2 heterocycles. The highest BCUT2D eigenvalue weighted by Crippen LogP contribution is 2.30. The molecule has 0 spiro atoms. The number of benzene rings is 1. The lowest BCUT2D eigenvalue weighted by molar-refractivity contribution is 0.0958. The van der Waals surface area contributed by atoms with Crippen LogP contribution in [-0.2, 0) is 6.54 Å². The molecule has 2 aromatic heterocycles. The quantitative estimate of drug-likeness (QED) is 0.628. The molecule has 0 bridgehead atoms. The molecule has 142 valence electrons. The first-order valence-electron chi connectivity index (χ1n) is 9.20. The van der Waals surface area contributed by atoms with Crippen LogP contribution in [0.4, 0.5) is 5.13 Å². The predicted octanol–water partition coefficient (Wildman–Crippen LogP) is 2.62. The smallest absolute Gasteiger partial charge is 0.271 e. The molecule has 0 radical (unpaired) electrons. The number of nitrogens with zero attached hydrogens (tertiary/aromatic N) is 3. The first-order valence-corrected chi connectivity index (χ1v) is 10.0. The van der Waals surface area contributed by atoms with Crippen molar-refractivity contribution in [3.63, 3.8) is 0 Å². The largest absolute Gasteiger partial charge is 0.391 e. The Balaban J connectivity index is 1.49. The van der Waals surface area contributed by atoms with Gasteiger partial charge in [0.25, 0.3) is 5.91 Å². The Labute approximate surface area is 161 Å². The molecule has 1 fully saturated rings. The van der Waals surface area contributed by atoms with E-state index >= 15 is 0 Å². The van der Waals surface area contributed by atoms with E-state index in [1.807, 2.05) is 16.7 Å². The molecule has 3 aromatic rings. The SMILES string of the molecule is CNC(=O)c1cn(Cc2ccc3nc(N[C@@H]4CCCC[C@@H]4O)sc3c2)cn1. The number of carbonyl (C=O) groups is 1. The molecule has 7 nitrogen and oxygen atoms in total. The molecule has 4 rings (SSSR count). The number of aliphatic hydroxyl groups excluding tert-OH is 1. The number of hydrogen-bond donors (Lipinski definition) is 3. The van der Waals surface area contributed by atoms with Gasteiger partial charge in [-0.05, 0) is 30.5 Å². The summed E-state index contributed by atoms with van der Waals surface area (Å²) in [7, 11) is 1.59. The number of carbonyl (C=O) groups excluding carboxylic acids is 1. The summed E-state index contributed by atoms with van der Waals surface area (Å²) in [6, 6.07) is 6.27. The fraction of sp³-hybridized carbons (Fsp3) is 0.421. The van der Waals surface area contributed by atoms with Crippen LogP contribution in [0.5, 0.6) is 0 Å². The van der Waals surface area contributed by atoms with Crippen LogP contribution in [0, 0.1) is 0 Å². The van der Waals surface area contributed by atoms with Crippen molar-refractivity contribution >= 4 is 32.6 Å². The zero-order valence-electron chi connectivity index (χ0n) is 15.2. The summed E-state index contributed by atoms with van der Waals surface area (Å²) in [5.41, 5.74) is 2.48. The Morgan fingerprint density at radius 3 is 3.04 bits per heavy atom. The maximum Gasteiger partial charge on any atom is 0.271 e. The van der Waals surface area contributed by atoms with Gasteiger partial charge in [-0.15, -0.1) is 0 Å². The zero-order chi connectivity index (χ0) is 18.8.